The van der Waals surface area contributed by atoms with Gasteiger partial charge >= 0.3 is 0 Å². The summed E-state index contributed by atoms with van der Waals surface area (Å²) >= 11 is 0. The molecule has 1 saturated carbocycles. The molecule has 1 spiro atoms. The molecular weight excluding hydrogens is 273 g/mol. The first-order chi connectivity index (χ1) is 10.1. The van der Waals surface area contributed by atoms with Crippen LogP contribution in [0.3, 0.4) is 0 Å². The molecule has 0 aromatic heterocycles. The van der Waals surface area contributed by atoms with Gasteiger partial charge in [-0.2, -0.15) is 0 Å². The Balaban J connectivity index is 1.67. The summed E-state index contributed by atoms with van der Waals surface area (Å²) in [6.45, 7) is 1.53. The fourth-order valence-electron chi connectivity index (χ4n) is 3.35. The van der Waals surface area contributed by atoms with Crippen LogP contribution in [0.25, 0.3) is 0 Å². The molecule has 2 fully saturated rings. The van der Waals surface area contributed by atoms with E-state index in [1.165, 1.54) is 19.2 Å². The molecule has 0 bridgehead atoms. The molecule has 21 heavy (non-hydrogen) atoms. The van der Waals surface area contributed by atoms with Gasteiger partial charge in [0, 0.05) is 24.8 Å². The largest absolute Gasteiger partial charge is 0.494 e. The molecule has 2 aliphatic rings. The molecular formula is C16H20FNO3. The molecule has 1 N–H and O–H groups in total. The van der Waals surface area contributed by atoms with Crippen LogP contribution in [0.2, 0.25) is 0 Å². The van der Waals surface area contributed by atoms with Crippen LogP contribution in [-0.4, -0.2) is 32.3 Å². The smallest absolute Gasteiger partial charge is 0.251 e. The van der Waals surface area contributed by atoms with Gasteiger partial charge in [-0.15, -0.1) is 0 Å². The van der Waals surface area contributed by atoms with Crippen molar-refractivity contribution in [2.45, 2.75) is 31.7 Å². The summed E-state index contributed by atoms with van der Waals surface area (Å²) < 4.78 is 23.9. The van der Waals surface area contributed by atoms with E-state index in [2.05, 4.69) is 5.32 Å². The minimum Gasteiger partial charge on any atom is -0.494 e. The van der Waals surface area contributed by atoms with Crippen molar-refractivity contribution in [2.75, 3.05) is 20.3 Å². The van der Waals surface area contributed by atoms with Crippen molar-refractivity contribution in [1.29, 1.82) is 0 Å². The van der Waals surface area contributed by atoms with Crippen LogP contribution in [0.15, 0.2) is 18.2 Å². The summed E-state index contributed by atoms with van der Waals surface area (Å²) in [7, 11) is 1.40. The first-order valence-electron chi connectivity index (χ1n) is 7.37. The third-order valence-electron chi connectivity index (χ3n) is 4.88. The molecule has 114 valence electrons. The Morgan fingerprint density at radius 3 is 2.71 bits per heavy atom. The molecule has 5 heteroatoms. The minimum absolute atomic E-state index is 0.149. The van der Waals surface area contributed by atoms with E-state index in [1.54, 1.807) is 6.07 Å². The Labute approximate surface area is 123 Å². The van der Waals surface area contributed by atoms with E-state index in [-0.39, 0.29) is 23.1 Å². The summed E-state index contributed by atoms with van der Waals surface area (Å²) in [5, 5.41) is 3.06. The van der Waals surface area contributed by atoms with Gasteiger partial charge in [0.05, 0.1) is 7.11 Å². The molecule has 1 aromatic rings. The molecule has 1 saturated heterocycles. The quantitative estimate of drug-likeness (QED) is 0.931. The Hall–Kier alpha value is -1.62. The first-order valence-corrected chi connectivity index (χ1v) is 7.37. The fraction of sp³-hybridized carbons (Fsp3) is 0.562. The van der Waals surface area contributed by atoms with E-state index in [4.69, 9.17) is 9.47 Å². The van der Waals surface area contributed by atoms with Crippen LogP contribution in [0, 0.1) is 11.2 Å². The van der Waals surface area contributed by atoms with E-state index in [1.807, 2.05) is 0 Å². The third-order valence-corrected chi connectivity index (χ3v) is 4.88. The number of amides is 1. The van der Waals surface area contributed by atoms with Gasteiger partial charge in [0.15, 0.2) is 11.6 Å². The number of ether oxygens (including phenoxy) is 2. The zero-order chi connectivity index (χ0) is 14.9. The second-order valence-electron chi connectivity index (χ2n) is 5.89. The van der Waals surface area contributed by atoms with Gasteiger partial charge < -0.3 is 14.8 Å². The average Bonchev–Trinajstić information content (AvgIpc) is 2.52. The number of halogens is 1. The Kier molecular flexibility index (Phi) is 3.85. The Morgan fingerprint density at radius 2 is 2.14 bits per heavy atom. The number of nitrogens with one attached hydrogen (secondary N) is 1. The van der Waals surface area contributed by atoms with Gasteiger partial charge in [0.1, 0.15) is 0 Å². The predicted molar refractivity (Wildman–Crippen MR) is 75.9 cm³/mol. The SMILES string of the molecule is COc1ccc(C(=O)NC2CCC23CCOCC3)cc1F. The monoisotopic (exact) mass is 293 g/mol. The number of carbonyl (C=O) groups is 1. The Morgan fingerprint density at radius 1 is 1.38 bits per heavy atom. The van der Waals surface area contributed by atoms with Crippen LogP contribution in [0.5, 0.6) is 5.75 Å². The van der Waals surface area contributed by atoms with E-state index < -0.39 is 5.82 Å². The topological polar surface area (TPSA) is 47.6 Å². The second kappa shape index (κ2) is 5.64. The van der Waals surface area contributed by atoms with Gasteiger partial charge in [0.2, 0.25) is 0 Å². The maximum absolute atomic E-state index is 13.7. The van der Waals surface area contributed by atoms with Gasteiger partial charge in [0.25, 0.3) is 5.91 Å². The lowest BCUT2D eigenvalue weighted by Gasteiger charge is -2.52. The molecule has 1 amide bonds. The van der Waals surface area contributed by atoms with E-state index in [9.17, 15) is 9.18 Å². The average molecular weight is 293 g/mol. The second-order valence-corrected chi connectivity index (χ2v) is 5.89. The molecule has 4 nitrogen and oxygen atoms in total. The Bertz CT molecular complexity index is 540. The van der Waals surface area contributed by atoms with Crippen LogP contribution in [-0.2, 0) is 4.74 Å². The zero-order valence-corrected chi connectivity index (χ0v) is 12.2. The van der Waals surface area contributed by atoms with Gasteiger partial charge in [-0.25, -0.2) is 4.39 Å². The molecule has 0 radical (unpaired) electrons. The lowest BCUT2D eigenvalue weighted by Crippen LogP contribution is -2.57. The third kappa shape index (κ3) is 2.62. The van der Waals surface area contributed by atoms with Crippen molar-refractivity contribution in [3.8, 4) is 5.75 Å². The molecule has 1 heterocycles. The van der Waals surface area contributed by atoms with Crippen molar-refractivity contribution in [2.24, 2.45) is 5.41 Å². The molecule has 3 rings (SSSR count). The summed E-state index contributed by atoms with van der Waals surface area (Å²) in [4.78, 5) is 12.3. The lowest BCUT2D eigenvalue weighted by atomic mass is 9.60. The number of rotatable bonds is 3. The maximum atomic E-state index is 13.7. The normalized spacial score (nSPS) is 23.4. The molecule has 1 atom stereocenters. The number of hydrogen-bond donors (Lipinski definition) is 1. The van der Waals surface area contributed by atoms with Crippen molar-refractivity contribution < 1.29 is 18.7 Å². The lowest BCUT2D eigenvalue weighted by molar-refractivity contribution is -0.0523. The maximum Gasteiger partial charge on any atom is 0.251 e. The zero-order valence-electron chi connectivity index (χ0n) is 12.2. The predicted octanol–water partition coefficient (Wildman–Crippen LogP) is 2.52. The highest BCUT2D eigenvalue weighted by Gasteiger charge is 2.47. The van der Waals surface area contributed by atoms with Gasteiger partial charge in [-0.05, 0) is 49.3 Å². The van der Waals surface area contributed by atoms with Crippen LogP contribution >= 0.6 is 0 Å². The molecule has 1 unspecified atom stereocenters. The van der Waals surface area contributed by atoms with Crippen LogP contribution in [0.4, 0.5) is 4.39 Å². The number of carbonyl (C=O) groups excluding carboxylic acids is 1. The van der Waals surface area contributed by atoms with Crippen molar-refractivity contribution in [1.82, 2.24) is 5.32 Å². The molecule has 1 aromatic carbocycles. The number of hydrogen-bond acceptors (Lipinski definition) is 3. The summed E-state index contributed by atoms with van der Waals surface area (Å²) in [5.41, 5.74) is 0.529. The van der Waals surface area contributed by atoms with Gasteiger partial charge in [-0.3, -0.25) is 4.79 Å². The van der Waals surface area contributed by atoms with E-state index >= 15 is 0 Å². The highest BCUT2D eigenvalue weighted by molar-refractivity contribution is 5.94. The highest BCUT2D eigenvalue weighted by Crippen LogP contribution is 2.48. The van der Waals surface area contributed by atoms with Crippen molar-refractivity contribution in [3.63, 3.8) is 0 Å². The molecule has 1 aliphatic carbocycles. The summed E-state index contributed by atoms with van der Waals surface area (Å²) in [5.74, 6) is -0.581. The minimum atomic E-state index is -0.514. The van der Waals surface area contributed by atoms with E-state index in [0.29, 0.717) is 5.56 Å². The van der Waals surface area contributed by atoms with Crippen molar-refractivity contribution in [3.05, 3.63) is 29.6 Å². The van der Waals surface area contributed by atoms with Gasteiger partial charge in [-0.1, -0.05) is 0 Å². The van der Waals surface area contributed by atoms with Crippen LogP contribution in [0.1, 0.15) is 36.0 Å². The first kappa shape index (κ1) is 14.3. The van der Waals surface area contributed by atoms with Crippen molar-refractivity contribution >= 4 is 5.91 Å². The summed E-state index contributed by atoms with van der Waals surface area (Å²) in [6, 6.07) is 4.48. The molecule has 1 aliphatic heterocycles. The van der Waals surface area contributed by atoms with E-state index in [0.717, 1.165) is 38.9 Å². The highest BCUT2D eigenvalue weighted by atomic mass is 19.1. The fourth-order valence-corrected chi connectivity index (χ4v) is 3.35. The number of benzene rings is 1. The van der Waals surface area contributed by atoms with Crippen LogP contribution < -0.4 is 10.1 Å². The standard InChI is InChI=1S/C16H20FNO3/c1-20-13-3-2-11(10-12(13)17)15(19)18-14-4-5-16(14)6-8-21-9-7-16/h2-3,10,14H,4-9H2,1H3,(H,18,19). The summed E-state index contributed by atoms with van der Waals surface area (Å²) in [6.07, 6.45) is 4.12. The number of methoxy groups -OCH3 is 1.